The van der Waals surface area contributed by atoms with Crippen molar-refractivity contribution in [2.45, 2.75) is 52.9 Å². The number of aldehydes is 1. The second-order valence-electron chi connectivity index (χ2n) is 6.86. The van der Waals surface area contributed by atoms with Gasteiger partial charge in [0.2, 0.25) is 0 Å². The first-order valence-electron chi connectivity index (χ1n) is 9.81. The normalized spacial score (nSPS) is 11.8. The summed E-state index contributed by atoms with van der Waals surface area (Å²) < 4.78 is 5.55. The number of ether oxygens (including phenoxy) is 1. The summed E-state index contributed by atoms with van der Waals surface area (Å²) in [5.41, 5.74) is 4.19. The van der Waals surface area contributed by atoms with E-state index < -0.39 is 0 Å². The van der Waals surface area contributed by atoms with Gasteiger partial charge in [0.25, 0.3) is 0 Å². The molecule has 0 spiro atoms. The molecule has 0 unspecified atom stereocenters. The van der Waals surface area contributed by atoms with Crippen LogP contribution < -0.4 is 0 Å². The molecule has 0 aliphatic carbocycles. The van der Waals surface area contributed by atoms with Gasteiger partial charge in [-0.15, -0.1) is 0 Å². The first-order chi connectivity index (χ1) is 13.9. The second kappa shape index (κ2) is 16.2. The smallest absolute Gasteiger partial charge is 0.150 e. The molecule has 0 bridgehead atoms. The summed E-state index contributed by atoms with van der Waals surface area (Å²) >= 11 is 6.11. The number of carbonyl (C=O) groups excluding carboxylic acids is 1. The maximum atomic E-state index is 11.1. The fraction of sp³-hybridized carbons (Fsp3) is 0.522. The van der Waals surface area contributed by atoms with Crippen molar-refractivity contribution < 1.29 is 24.9 Å². The number of unbranched alkanes of at least 4 members (excludes halogenated alkanes) is 1. The third-order valence-corrected chi connectivity index (χ3v) is 4.92. The van der Waals surface area contributed by atoms with Gasteiger partial charge in [-0.3, -0.25) is 4.79 Å². The molecule has 0 aliphatic heterocycles. The lowest BCUT2D eigenvalue weighted by Gasteiger charge is -2.10. The minimum Gasteiger partial charge on any atom is -0.506 e. The Bertz CT molecular complexity index is 680. The summed E-state index contributed by atoms with van der Waals surface area (Å²) in [5.74, 6) is 0.0536. The molecule has 5 nitrogen and oxygen atoms in total. The fourth-order valence-corrected chi connectivity index (χ4v) is 2.86. The molecule has 164 valence electrons. The zero-order chi connectivity index (χ0) is 22.2. The lowest BCUT2D eigenvalue weighted by Crippen LogP contribution is -1.99. The Morgan fingerprint density at radius 2 is 1.86 bits per heavy atom. The number of aromatic hydroxyl groups is 1. The van der Waals surface area contributed by atoms with Gasteiger partial charge >= 0.3 is 0 Å². The number of aliphatic hydroxyl groups excluding tert-OH is 2. The molecule has 0 saturated heterocycles. The summed E-state index contributed by atoms with van der Waals surface area (Å²) in [4.78, 5) is 11.1. The Morgan fingerprint density at radius 3 is 2.48 bits per heavy atom. The van der Waals surface area contributed by atoms with Crippen LogP contribution in [0, 0.1) is 6.92 Å². The number of carbonyl (C=O) groups is 1. The van der Waals surface area contributed by atoms with E-state index in [9.17, 15) is 9.90 Å². The highest BCUT2D eigenvalue weighted by molar-refractivity contribution is 6.33. The Kier molecular flexibility index (Phi) is 15.2. The van der Waals surface area contributed by atoms with Gasteiger partial charge < -0.3 is 20.1 Å². The first kappa shape index (κ1) is 27.3. The molecule has 0 heterocycles. The van der Waals surface area contributed by atoms with E-state index in [-0.39, 0.29) is 17.4 Å². The molecule has 0 amide bonds. The summed E-state index contributed by atoms with van der Waals surface area (Å²) in [5, 5.41) is 26.1. The first-order valence-corrected chi connectivity index (χ1v) is 10.2. The van der Waals surface area contributed by atoms with Gasteiger partial charge in [0.15, 0.2) is 0 Å². The molecule has 6 heteroatoms. The molecule has 0 aliphatic rings. The molecule has 1 aromatic carbocycles. The van der Waals surface area contributed by atoms with E-state index in [1.165, 1.54) is 11.1 Å². The molecule has 0 atom stereocenters. The predicted octanol–water partition coefficient (Wildman–Crippen LogP) is 4.78. The van der Waals surface area contributed by atoms with Crippen molar-refractivity contribution in [1.82, 2.24) is 0 Å². The van der Waals surface area contributed by atoms with E-state index in [1.54, 1.807) is 13.0 Å². The number of halogens is 1. The van der Waals surface area contributed by atoms with Crippen LogP contribution in [0.2, 0.25) is 5.02 Å². The van der Waals surface area contributed by atoms with Crippen molar-refractivity contribution in [3.63, 3.8) is 0 Å². The van der Waals surface area contributed by atoms with Gasteiger partial charge in [-0.2, -0.15) is 0 Å². The van der Waals surface area contributed by atoms with Gasteiger partial charge in [0.1, 0.15) is 12.0 Å². The van der Waals surface area contributed by atoms with Crippen LogP contribution in [0.15, 0.2) is 29.4 Å². The molecular formula is C23H35ClO5. The van der Waals surface area contributed by atoms with Gasteiger partial charge in [0, 0.05) is 25.9 Å². The fourth-order valence-electron chi connectivity index (χ4n) is 2.63. The Balaban J connectivity index is 0.00000379. The molecule has 3 N–H and O–H groups in total. The monoisotopic (exact) mass is 426 g/mol. The van der Waals surface area contributed by atoms with Crippen LogP contribution in [-0.4, -0.2) is 48.5 Å². The minimum absolute atomic E-state index is 0.0536. The summed E-state index contributed by atoms with van der Waals surface area (Å²) in [6, 6.07) is 1.70. The van der Waals surface area contributed by atoms with Crippen molar-refractivity contribution in [2.75, 3.05) is 26.9 Å². The minimum atomic E-state index is 0.0536. The largest absolute Gasteiger partial charge is 0.506 e. The lowest BCUT2D eigenvalue weighted by atomic mass is 10.0. The molecule has 0 saturated carbocycles. The van der Waals surface area contributed by atoms with Crippen molar-refractivity contribution in [1.29, 1.82) is 0 Å². The van der Waals surface area contributed by atoms with Crippen LogP contribution in [0.5, 0.6) is 5.75 Å². The highest BCUT2D eigenvalue weighted by atomic mass is 35.5. The zero-order valence-corrected chi connectivity index (χ0v) is 18.8. The SMILES string of the molecule is C/C(=C\Cc1cc(C=O)c(C)c(Cl)c1O)CC/C=C(\C)COCCCCO.CO. The number of hydrogen-bond donors (Lipinski definition) is 3. The molecule has 0 radical (unpaired) electrons. The quantitative estimate of drug-likeness (QED) is 0.254. The van der Waals surface area contributed by atoms with E-state index in [0.29, 0.717) is 36.3 Å². The number of aliphatic hydroxyl groups is 2. The summed E-state index contributed by atoms with van der Waals surface area (Å²) in [6.07, 6.45) is 9.04. The number of phenolic OH excluding ortho intramolecular Hbond substituents is 1. The Hall–Kier alpha value is -1.66. The molecule has 0 fully saturated rings. The second-order valence-corrected chi connectivity index (χ2v) is 7.24. The van der Waals surface area contributed by atoms with Crippen LogP contribution in [0.4, 0.5) is 0 Å². The summed E-state index contributed by atoms with van der Waals surface area (Å²) in [6.45, 7) is 7.35. The van der Waals surface area contributed by atoms with Crippen molar-refractivity contribution in [3.8, 4) is 5.75 Å². The Morgan fingerprint density at radius 1 is 1.17 bits per heavy atom. The number of benzene rings is 1. The number of phenols is 1. The highest BCUT2D eigenvalue weighted by Gasteiger charge is 2.12. The third kappa shape index (κ3) is 10.6. The van der Waals surface area contributed by atoms with E-state index in [2.05, 4.69) is 26.0 Å². The van der Waals surface area contributed by atoms with E-state index in [4.69, 9.17) is 26.6 Å². The van der Waals surface area contributed by atoms with Crippen LogP contribution in [0.3, 0.4) is 0 Å². The average molecular weight is 427 g/mol. The van der Waals surface area contributed by atoms with Gasteiger partial charge in [0.05, 0.1) is 11.6 Å². The van der Waals surface area contributed by atoms with Crippen LogP contribution in [0.1, 0.15) is 61.0 Å². The molecule has 0 aromatic heterocycles. The van der Waals surface area contributed by atoms with Crippen molar-refractivity contribution in [2.24, 2.45) is 0 Å². The third-order valence-electron chi connectivity index (χ3n) is 4.46. The van der Waals surface area contributed by atoms with E-state index in [0.717, 1.165) is 39.1 Å². The number of rotatable bonds is 12. The van der Waals surface area contributed by atoms with Crippen LogP contribution in [0.25, 0.3) is 0 Å². The van der Waals surface area contributed by atoms with E-state index >= 15 is 0 Å². The molecular weight excluding hydrogens is 392 g/mol. The standard InChI is InChI=1S/C22H31ClO4.CH4O/c1-16(7-6-8-17(2)15-27-12-5-4-11-24)9-10-19-13-20(14-25)18(3)21(23)22(19)26;1-2/h8-9,13-14,24,26H,4-7,10-12,15H2,1-3H3;2H,1H3/b16-9+,17-8+;. The van der Waals surface area contributed by atoms with Crippen molar-refractivity contribution >= 4 is 17.9 Å². The molecule has 29 heavy (non-hydrogen) atoms. The van der Waals surface area contributed by atoms with Gasteiger partial charge in [-0.1, -0.05) is 34.9 Å². The van der Waals surface area contributed by atoms with Crippen molar-refractivity contribution in [3.05, 3.63) is 51.1 Å². The Labute approximate surface area is 179 Å². The molecule has 1 aromatic rings. The molecule has 1 rings (SSSR count). The number of allylic oxidation sites excluding steroid dienone is 3. The predicted molar refractivity (Wildman–Crippen MR) is 119 cm³/mol. The highest BCUT2D eigenvalue weighted by Crippen LogP contribution is 2.33. The maximum Gasteiger partial charge on any atom is 0.150 e. The number of hydrogen-bond acceptors (Lipinski definition) is 5. The summed E-state index contributed by atoms with van der Waals surface area (Å²) in [7, 11) is 1.00. The van der Waals surface area contributed by atoms with Gasteiger partial charge in [-0.05, 0) is 70.1 Å². The zero-order valence-electron chi connectivity index (χ0n) is 18.0. The van der Waals surface area contributed by atoms with E-state index in [1.807, 2.05) is 0 Å². The maximum absolute atomic E-state index is 11.1. The van der Waals surface area contributed by atoms with Gasteiger partial charge in [-0.25, -0.2) is 0 Å². The van der Waals surface area contributed by atoms with Crippen LogP contribution >= 0.6 is 11.6 Å². The average Bonchev–Trinajstić information content (AvgIpc) is 2.73. The van der Waals surface area contributed by atoms with Crippen LogP contribution in [-0.2, 0) is 11.2 Å². The topological polar surface area (TPSA) is 87.0 Å². The lowest BCUT2D eigenvalue weighted by molar-refractivity contribution is 0.112.